The molecule has 150 valence electrons. The van der Waals surface area contributed by atoms with Crippen LogP contribution >= 0.6 is 23.2 Å². The SMILES string of the molecule is CC.COC(=O)c1c(Cl)cc(C(C)CC(O)c2ccc3cn[nH]c3c2)cc1Cl. The highest BCUT2D eigenvalue weighted by Crippen LogP contribution is 2.34. The number of nitrogens with zero attached hydrogens (tertiary/aromatic N) is 1. The number of nitrogens with one attached hydrogen (secondary N) is 1. The van der Waals surface area contributed by atoms with Gasteiger partial charge in [0.15, 0.2) is 0 Å². The topological polar surface area (TPSA) is 75.2 Å². The van der Waals surface area contributed by atoms with Gasteiger partial charge in [0.2, 0.25) is 0 Å². The van der Waals surface area contributed by atoms with Crippen LogP contribution in [0, 0.1) is 0 Å². The maximum Gasteiger partial charge on any atom is 0.340 e. The third kappa shape index (κ3) is 4.85. The van der Waals surface area contributed by atoms with Gasteiger partial charge in [-0.05, 0) is 41.7 Å². The number of hydrogen-bond donors (Lipinski definition) is 2. The van der Waals surface area contributed by atoms with Crippen molar-refractivity contribution in [3.05, 3.63) is 63.3 Å². The molecule has 2 atom stereocenters. The van der Waals surface area contributed by atoms with E-state index < -0.39 is 12.1 Å². The number of aromatic amines is 1. The molecule has 3 rings (SSSR count). The summed E-state index contributed by atoms with van der Waals surface area (Å²) < 4.78 is 4.69. The van der Waals surface area contributed by atoms with Crippen molar-refractivity contribution in [1.29, 1.82) is 0 Å². The number of methoxy groups -OCH3 is 1. The summed E-state index contributed by atoms with van der Waals surface area (Å²) in [7, 11) is 1.28. The van der Waals surface area contributed by atoms with Crippen LogP contribution < -0.4 is 0 Å². The summed E-state index contributed by atoms with van der Waals surface area (Å²) >= 11 is 12.4. The summed E-state index contributed by atoms with van der Waals surface area (Å²) in [6.07, 6.45) is 1.56. The molecule has 0 aliphatic carbocycles. The lowest BCUT2D eigenvalue weighted by molar-refractivity contribution is 0.0601. The van der Waals surface area contributed by atoms with Crippen molar-refractivity contribution in [1.82, 2.24) is 10.2 Å². The molecule has 1 heterocycles. The van der Waals surface area contributed by atoms with E-state index in [-0.39, 0.29) is 21.5 Å². The first-order valence-corrected chi connectivity index (χ1v) is 9.84. The van der Waals surface area contributed by atoms with Crippen LogP contribution in [0.3, 0.4) is 0 Å². The first-order valence-electron chi connectivity index (χ1n) is 9.09. The van der Waals surface area contributed by atoms with E-state index >= 15 is 0 Å². The minimum Gasteiger partial charge on any atom is -0.465 e. The molecule has 0 bridgehead atoms. The molecule has 7 heteroatoms. The van der Waals surface area contributed by atoms with Gasteiger partial charge < -0.3 is 9.84 Å². The third-order valence-electron chi connectivity index (χ3n) is 4.45. The largest absolute Gasteiger partial charge is 0.465 e. The Morgan fingerprint density at radius 1 is 1.18 bits per heavy atom. The highest BCUT2D eigenvalue weighted by molar-refractivity contribution is 6.39. The molecule has 0 fully saturated rings. The molecule has 0 saturated carbocycles. The van der Waals surface area contributed by atoms with Crippen molar-refractivity contribution in [3.63, 3.8) is 0 Å². The molecule has 28 heavy (non-hydrogen) atoms. The summed E-state index contributed by atoms with van der Waals surface area (Å²) in [5.41, 5.74) is 2.67. The van der Waals surface area contributed by atoms with E-state index in [2.05, 4.69) is 10.2 Å². The number of hydrogen-bond acceptors (Lipinski definition) is 4. The fourth-order valence-corrected chi connectivity index (χ4v) is 3.60. The van der Waals surface area contributed by atoms with Gasteiger partial charge in [-0.2, -0.15) is 5.10 Å². The zero-order valence-electron chi connectivity index (χ0n) is 16.3. The maximum absolute atomic E-state index is 11.7. The predicted molar refractivity (Wildman–Crippen MR) is 113 cm³/mol. The van der Waals surface area contributed by atoms with Crippen LogP contribution in [0.4, 0.5) is 0 Å². The normalized spacial score (nSPS) is 12.8. The second-order valence-electron chi connectivity index (χ2n) is 6.22. The Hall–Kier alpha value is -2.08. The fraction of sp³-hybridized carbons (Fsp3) is 0.333. The number of H-pyrrole nitrogens is 1. The Bertz CT molecular complexity index is 933. The number of ether oxygens (including phenoxy) is 1. The van der Waals surface area contributed by atoms with Crippen molar-refractivity contribution in [2.75, 3.05) is 7.11 Å². The second-order valence-corrected chi connectivity index (χ2v) is 7.03. The number of aromatic nitrogens is 2. The minimum absolute atomic E-state index is 0.0239. The second kappa shape index (κ2) is 9.92. The van der Waals surface area contributed by atoms with Crippen molar-refractivity contribution in [3.8, 4) is 0 Å². The zero-order valence-corrected chi connectivity index (χ0v) is 17.8. The lowest BCUT2D eigenvalue weighted by Gasteiger charge is -2.18. The highest BCUT2D eigenvalue weighted by Gasteiger charge is 2.20. The Balaban J connectivity index is 0.00000136. The van der Waals surface area contributed by atoms with Crippen molar-refractivity contribution in [2.45, 2.75) is 39.2 Å². The molecule has 0 aliphatic rings. The number of carbonyl (C=O) groups is 1. The van der Waals surface area contributed by atoms with Gasteiger partial charge >= 0.3 is 5.97 Å². The third-order valence-corrected chi connectivity index (χ3v) is 5.05. The summed E-state index contributed by atoms with van der Waals surface area (Å²) in [6, 6.07) is 9.07. The van der Waals surface area contributed by atoms with Crippen LogP contribution in [0.1, 0.15) is 60.7 Å². The van der Waals surface area contributed by atoms with Crippen LogP contribution in [-0.2, 0) is 4.74 Å². The molecule has 0 amide bonds. The lowest BCUT2D eigenvalue weighted by atomic mass is 9.91. The van der Waals surface area contributed by atoms with E-state index in [4.69, 9.17) is 27.9 Å². The molecule has 0 saturated heterocycles. The van der Waals surface area contributed by atoms with Crippen molar-refractivity contribution < 1.29 is 14.6 Å². The molecule has 0 radical (unpaired) electrons. The number of rotatable bonds is 5. The van der Waals surface area contributed by atoms with Gasteiger partial charge in [0.25, 0.3) is 0 Å². The average Bonchev–Trinajstić information content (AvgIpc) is 3.16. The van der Waals surface area contributed by atoms with E-state index in [0.717, 1.165) is 22.0 Å². The van der Waals surface area contributed by atoms with E-state index in [9.17, 15) is 9.90 Å². The number of benzene rings is 2. The molecule has 5 nitrogen and oxygen atoms in total. The smallest absolute Gasteiger partial charge is 0.340 e. The van der Waals surface area contributed by atoms with E-state index in [1.54, 1.807) is 18.3 Å². The van der Waals surface area contributed by atoms with Gasteiger partial charge in [-0.15, -0.1) is 0 Å². The number of aliphatic hydroxyl groups is 1. The Kier molecular flexibility index (Phi) is 7.87. The van der Waals surface area contributed by atoms with E-state index in [0.29, 0.717) is 6.42 Å². The maximum atomic E-state index is 11.7. The molecule has 0 aliphatic heterocycles. The number of carbonyl (C=O) groups excluding carboxylic acids is 1. The summed E-state index contributed by atoms with van der Waals surface area (Å²) in [5.74, 6) is -0.601. The molecule has 1 aromatic heterocycles. The predicted octanol–water partition coefficient (Wildman–Crippen LogP) is 5.91. The van der Waals surface area contributed by atoms with Crippen LogP contribution in [0.25, 0.3) is 10.9 Å². The molecule has 0 spiro atoms. The Morgan fingerprint density at radius 2 is 1.82 bits per heavy atom. The molecular weight excluding hydrogens is 399 g/mol. The fourth-order valence-electron chi connectivity index (χ4n) is 2.94. The monoisotopic (exact) mass is 422 g/mol. The van der Waals surface area contributed by atoms with Crippen molar-refractivity contribution in [2.24, 2.45) is 0 Å². The van der Waals surface area contributed by atoms with Crippen LogP contribution in [0.5, 0.6) is 0 Å². The first-order chi connectivity index (χ1) is 13.4. The lowest BCUT2D eigenvalue weighted by Crippen LogP contribution is -2.07. The van der Waals surface area contributed by atoms with Gasteiger partial charge in [0.05, 0.1) is 40.5 Å². The summed E-state index contributed by atoms with van der Waals surface area (Å²) in [5, 5.41) is 18.9. The van der Waals surface area contributed by atoms with E-state index in [1.807, 2.05) is 39.0 Å². The Morgan fingerprint density at radius 3 is 2.43 bits per heavy atom. The zero-order chi connectivity index (χ0) is 20.8. The number of halogens is 2. The summed E-state index contributed by atoms with van der Waals surface area (Å²) in [4.78, 5) is 11.7. The van der Waals surface area contributed by atoms with Crippen LogP contribution in [0.15, 0.2) is 36.5 Å². The summed E-state index contributed by atoms with van der Waals surface area (Å²) in [6.45, 7) is 5.97. The van der Waals surface area contributed by atoms with Gasteiger partial charge in [-0.1, -0.05) is 56.1 Å². The number of esters is 1. The molecule has 3 aromatic rings. The minimum atomic E-state index is -0.657. The molecule has 2 N–H and O–H groups in total. The van der Waals surface area contributed by atoms with Gasteiger partial charge in [0.1, 0.15) is 0 Å². The van der Waals surface area contributed by atoms with Crippen LogP contribution in [-0.4, -0.2) is 28.4 Å². The first kappa shape index (κ1) is 22.2. The number of aliphatic hydroxyl groups excluding tert-OH is 1. The van der Waals surface area contributed by atoms with Crippen molar-refractivity contribution >= 4 is 40.1 Å². The highest BCUT2D eigenvalue weighted by atomic mass is 35.5. The molecule has 2 unspecified atom stereocenters. The van der Waals surface area contributed by atoms with Gasteiger partial charge in [0, 0.05) is 5.39 Å². The quantitative estimate of drug-likeness (QED) is 0.501. The van der Waals surface area contributed by atoms with Gasteiger partial charge in [-0.25, -0.2) is 4.79 Å². The molecule has 2 aromatic carbocycles. The molecular formula is C21H24Cl2N2O3. The Labute approximate surface area is 174 Å². The van der Waals surface area contributed by atoms with Crippen LogP contribution in [0.2, 0.25) is 10.0 Å². The standard InChI is InChI=1S/C19H18Cl2N2O3.C2H6/c1-10(13-6-14(20)18(15(21)7-13)19(25)26-2)5-17(24)11-3-4-12-9-22-23-16(12)8-11;1-2/h3-4,6-10,17,24H,5H2,1-2H3,(H,22,23);1-2H3. The van der Waals surface area contributed by atoms with E-state index in [1.165, 1.54) is 7.11 Å². The number of fused-ring (bicyclic) bond motifs is 1. The van der Waals surface area contributed by atoms with Gasteiger partial charge in [-0.3, -0.25) is 5.10 Å². The average molecular weight is 423 g/mol.